The minimum Gasteiger partial charge on any atom is -0.352 e. The maximum absolute atomic E-state index is 12.9. The third-order valence-electron chi connectivity index (χ3n) is 6.94. The van der Waals surface area contributed by atoms with E-state index in [1.807, 2.05) is 12.1 Å². The molecule has 4 nitrogen and oxygen atoms in total. The van der Waals surface area contributed by atoms with Gasteiger partial charge in [0.15, 0.2) is 0 Å². The Bertz CT molecular complexity index is 877. The molecule has 1 amide bonds. The number of halogens is 1. The van der Waals surface area contributed by atoms with E-state index in [0.717, 1.165) is 50.0 Å². The smallest absolute Gasteiger partial charge is 0.224 e. The van der Waals surface area contributed by atoms with Crippen LogP contribution in [0.25, 0.3) is 0 Å². The normalized spacial score (nSPS) is 20.9. The number of benzene rings is 2. The van der Waals surface area contributed by atoms with Crippen molar-refractivity contribution in [2.75, 3.05) is 26.2 Å². The van der Waals surface area contributed by atoms with Crippen molar-refractivity contribution < 1.29 is 4.79 Å². The number of hydrogen-bond acceptors (Lipinski definition) is 3. The molecule has 1 N–H and O–H groups in total. The molecule has 2 aromatic rings. The van der Waals surface area contributed by atoms with E-state index in [4.69, 9.17) is 11.6 Å². The predicted molar refractivity (Wildman–Crippen MR) is 131 cm³/mol. The van der Waals surface area contributed by atoms with Gasteiger partial charge in [0, 0.05) is 31.2 Å². The molecular formula is C27H36ClN3O. The second-order valence-corrected chi connectivity index (χ2v) is 10.1. The van der Waals surface area contributed by atoms with Crippen LogP contribution in [0.2, 0.25) is 5.02 Å². The van der Waals surface area contributed by atoms with Crippen LogP contribution in [-0.2, 0) is 24.4 Å². The number of carbonyl (C=O) groups is 1. The lowest BCUT2D eigenvalue weighted by molar-refractivity contribution is -0.126. The summed E-state index contributed by atoms with van der Waals surface area (Å²) in [7, 11) is 0. The number of carbonyl (C=O) groups excluding carboxylic acids is 1. The van der Waals surface area contributed by atoms with Crippen LogP contribution in [0.4, 0.5) is 0 Å². The van der Waals surface area contributed by atoms with Gasteiger partial charge in [0.05, 0.1) is 5.92 Å². The summed E-state index contributed by atoms with van der Waals surface area (Å²) in [6.45, 7) is 9.09. The number of likely N-dealkylation sites (tertiary alicyclic amines) is 2. The molecule has 0 radical (unpaired) electrons. The Balaban J connectivity index is 1.25. The van der Waals surface area contributed by atoms with E-state index in [-0.39, 0.29) is 11.8 Å². The zero-order chi connectivity index (χ0) is 22.3. The Labute approximate surface area is 197 Å². The molecule has 1 atom stereocenters. The number of piperidine rings is 2. The molecule has 32 heavy (non-hydrogen) atoms. The van der Waals surface area contributed by atoms with Gasteiger partial charge in [-0.05, 0) is 80.1 Å². The van der Waals surface area contributed by atoms with E-state index in [1.54, 1.807) is 0 Å². The van der Waals surface area contributed by atoms with Crippen molar-refractivity contribution in [1.82, 2.24) is 15.1 Å². The number of rotatable bonds is 7. The topological polar surface area (TPSA) is 35.6 Å². The first-order chi connectivity index (χ1) is 15.5. The fourth-order valence-electron chi connectivity index (χ4n) is 4.91. The molecule has 2 fully saturated rings. The van der Waals surface area contributed by atoms with Gasteiger partial charge in [-0.2, -0.15) is 0 Å². The van der Waals surface area contributed by atoms with E-state index in [0.29, 0.717) is 6.54 Å². The van der Waals surface area contributed by atoms with Crippen molar-refractivity contribution in [3.63, 3.8) is 0 Å². The van der Waals surface area contributed by atoms with Gasteiger partial charge in [-0.1, -0.05) is 54.9 Å². The van der Waals surface area contributed by atoms with E-state index < -0.39 is 0 Å². The van der Waals surface area contributed by atoms with Gasteiger partial charge >= 0.3 is 0 Å². The van der Waals surface area contributed by atoms with Crippen molar-refractivity contribution in [1.29, 1.82) is 0 Å². The quantitative estimate of drug-likeness (QED) is 0.633. The first-order valence-corrected chi connectivity index (χ1v) is 12.5. The highest BCUT2D eigenvalue weighted by Gasteiger charge is 2.25. The highest BCUT2D eigenvalue weighted by atomic mass is 35.5. The number of hydrogen-bond donors (Lipinski definition) is 1. The maximum Gasteiger partial charge on any atom is 0.224 e. The van der Waals surface area contributed by atoms with Gasteiger partial charge in [0.1, 0.15) is 0 Å². The fourth-order valence-corrected chi connectivity index (χ4v) is 5.04. The summed E-state index contributed by atoms with van der Waals surface area (Å²) in [5.74, 6) is 1.10. The molecule has 1 unspecified atom stereocenters. The molecule has 2 aliphatic heterocycles. The van der Waals surface area contributed by atoms with Crippen molar-refractivity contribution in [2.24, 2.45) is 11.8 Å². The molecule has 2 saturated heterocycles. The molecule has 5 heteroatoms. The van der Waals surface area contributed by atoms with Gasteiger partial charge in [0.25, 0.3) is 0 Å². The van der Waals surface area contributed by atoms with Crippen LogP contribution in [0.3, 0.4) is 0 Å². The van der Waals surface area contributed by atoms with Gasteiger partial charge in [0.2, 0.25) is 5.91 Å². The van der Waals surface area contributed by atoms with Gasteiger partial charge in [-0.25, -0.2) is 0 Å². The zero-order valence-corrected chi connectivity index (χ0v) is 20.0. The summed E-state index contributed by atoms with van der Waals surface area (Å²) in [5.41, 5.74) is 3.78. The first-order valence-electron chi connectivity index (χ1n) is 12.1. The second-order valence-electron chi connectivity index (χ2n) is 9.70. The van der Waals surface area contributed by atoms with Crippen LogP contribution in [0.1, 0.15) is 49.3 Å². The van der Waals surface area contributed by atoms with Crippen molar-refractivity contribution in [3.8, 4) is 0 Å². The number of nitrogens with one attached hydrogen (secondary N) is 1. The molecule has 2 aromatic carbocycles. The van der Waals surface area contributed by atoms with Gasteiger partial charge in [-0.3, -0.25) is 14.6 Å². The Morgan fingerprint density at radius 3 is 2.44 bits per heavy atom. The van der Waals surface area contributed by atoms with Crippen LogP contribution in [0.5, 0.6) is 0 Å². The Morgan fingerprint density at radius 1 is 0.938 bits per heavy atom. The Kier molecular flexibility index (Phi) is 8.23. The second kappa shape index (κ2) is 11.3. The molecule has 2 aliphatic rings. The standard InChI is InChI=1S/C27H36ClN3O/c1-21-11-14-30(15-12-21)19-24-5-2-4-23(16-24)17-29-27(32)25-6-3-13-31(20-25)18-22-7-9-26(28)10-8-22/h2,4-5,7-10,16,21,25H,3,6,11-15,17-20H2,1H3,(H,29,32). The molecule has 4 rings (SSSR count). The van der Waals surface area contributed by atoms with Crippen LogP contribution in [0.15, 0.2) is 48.5 Å². The summed E-state index contributed by atoms with van der Waals surface area (Å²) in [4.78, 5) is 17.8. The largest absolute Gasteiger partial charge is 0.352 e. The summed E-state index contributed by atoms with van der Waals surface area (Å²) in [5, 5.41) is 3.96. The molecular weight excluding hydrogens is 418 g/mol. The lowest BCUT2D eigenvalue weighted by Gasteiger charge is -2.32. The first kappa shape index (κ1) is 23.3. The highest BCUT2D eigenvalue weighted by Crippen LogP contribution is 2.21. The van der Waals surface area contributed by atoms with Gasteiger partial charge in [-0.15, -0.1) is 0 Å². The summed E-state index contributed by atoms with van der Waals surface area (Å²) < 4.78 is 0. The monoisotopic (exact) mass is 453 g/mol. The number of amides is 1. The average Bonchev–Trinajstić information content (AvgIpc) is 2.81. The molecule has 172 valence electrons. The van der Waals surface area contributed by atoms with Crippen molar-refractivity contribution in [2.45, 2.75) is 52.2 Å². The zero-order valence-electron chi connectivity index (χ0n) is 19.2. The Hall–Kier alpha value is -1.88. The fraction of sp³-hybridized carbons (Fsp3) is 0.519. The lowest BCUT2D eigenvalue weighted by atomic mass is 9.96. The minimum atomic E-state index is 0.0644. The molecule has 2 heterocycles. The maximum atomic E-state index is 12.9. The van der Waals surface area contributed by atoms with E-state index in [2.05, 4.69) is 58.4 Å². The van der Waals surface area contributed by atoms with E-state index in [9.17, 15) is 4.79 Å². The summed E-state index contributed by atoms with van der Waals surface area (Å²) >= 11 is 6.00. The third kappa shape index (κ3) is 6.81. The van der Waals surface area contributed by atoms with Crippen LogP contribution in [-0.4, -0.2) is 41.9 Å². The lowest BCUT2D eigenvalue weighted by Crippen LogP contribution is -2.42. The minimum absolute atomic E-state index is 0.0644. The number of nitrogens with zero attached hydrogens (tertiary/aromatic N) is 2. The molecule has 0 spiro atoms. The summed E-state index contributed by atoms with van der Waals surface area (Å²) in [6, 6.07) is 16.7. The molecule has 0 aliphatic carbocycles. The molecule has 0 bridgehead atoms. The van der Waals surface area contributed by atoms with Crippen LogP contribution in [0, 0.1) is 11.8 Å². The molecule has 0 aromatic heterocycles. The average molecular weight is 454 g/mol. The van der Waals surface area contributed by atoms with Crippen LogP contribution >= 0.6 is 11.6 Å². The van der Waals surface area contributed by atoms with E-state index >= 15 is 0 Å². The third-order valence-corrected chi connectivity index (χ3v) is 7.19. The van der Waals surface area contributed by atoms with Gasteiger partial charge < -0.3 is 5.32 Å². The highest BCUT2D eigenvalue weighted by molar-refractivity contribution is 6.30. The SMILES string of the molecule is CC1CCN(Cc2cccc(CNC(=O)C3CCCN(Cc4ccc(Cl)cc4)C3)c2)CC1. The van der Waals surface area contributed by atoms with Crippen molar-refractivity contribution in [3.05, 3.63) is 70.2 Å². The van der Waals surface area contributed by atoms with E-state index in [1.165, 1.54) is 42.6 Å². The predicted octanol–water partition coefficient (Wildman–Crippen LogP) is 5.10. The van der Waals surface area contributed by atoms with Crippen LogP contribution < -0.4 is 5.32 Å². The Morgan fingerprint density at radius 2 is 1.66 bits per heavy atom. The van der Waals surface area contributed by atoms with Crippen molar-refractivity contribution >= 4 is 17.5 Å². The summed E-state index contributed by atoms with van der Waals surface area (Å²) in [6.07, 6.45) is 4.63. The molecule has 0 saturated carbocycles.